The number of likely N-dealkylation sites (tertiary alicyclic amines) is 1. The van der Waals surface area contributed by atoms with Gasteiger partial charge in [-0.1, -0.05) is 40.5 Å². The van der Waals surface area contributed by atoms with Gasteiger partial charge in [0.05, 0.1) is 0 Å². The van der Waals surface area contributed by atoms with E-state index in [0.29, 0.717) is 5.41 Å². The maximum absolute atomic E-state index is 4.50. The zero-order chi connectivity index (χ0) is 12.9. The molecule has 0 amide bonds. The standard InChI is InChI=1S/C15H31NS/c1-5-15(6-2)7-9-16(10-8-15)11-14(12-17)13(3)4/h13-14,17H,5-12H2,1-4H3. The molecule has 0 aliphatic carbocycles. The van der Waals surface area contributed by atoms with Crippen molar-refractivity contribution >= 4 is 12.6 Å². The Bertz CT molecular complexity index is 201. The Morgan fingerprint density at radius 2 is 1.65 bits per heavy atom. The van der Waals surface area contributed by atoms with Crippen LogP contribution in [0.4, 0.5) is 0 Å². The lowest BCUT2D eigenvalue weighted by Crippen LogP contribution is -2.42. The monoisotopic (exact) mass is 257 g/mol. The third-order valence-corrected chi connectivity index (χ3v) is 5.56. The average Bonchev–Trinajstić information content (AvgIpc) is 2.36. The lowest BCUT2D eigenvalue weighted by Gasteiger charge is -2.42. The van der Waals surface area contributed by atoms with Crippen LogP contribution in [0, 0.1) is 17.3 Å². The Hall–Kier alpha value is 0.310. The predicted octanol–water partition coefficient (Wildman–Crippen LogP) is 4.09. The molecule has 1 aliphatic rings. The molecule has 1 heterocycles. The molecule has 1 unspecified atom stereocenters. The van der Waals surface area contributed by atoms with E-state index in [-0.39, 0.29) is 0 Å². The second kappa shape index (κ2) is 7.04. The van der Waals surface area contributed by atoms with E-state index in [2.05, 4.69) is 45.2 Å². The van der Waals surface area contributed by atoms with E-state index in [1.165, 1.54) is 45.3 Å². The van der Waals surface area contributed by atoms with Gasteiger partial charge in [0.15, 0.2) is 0 Å². The molecule has 0 N–H and O–H groups in total. The lowest BCUT2D eigenvalue weighted by molar-refractivity contribution is 0.0815. The first-order valence-electron chi connectivity index (χ1n) is 7.40. The summed E-state index contributed by atoms with van der Waals surface area (Å²) in [4.78, 5) is 2.67. The minimum Gasteiger partial charge on any atom is -0.303 e. The van der Waals surface area contributed by atoms with Crippen molar-refractivity contribution < 1.29 is 0 Å². The van der Waals surface area contributed by atoms with Crippen molar-refractivity contribution in [1.29, 1.82) is 0 Å². The van der Waals surface area contributed by atoms with Gasteiger partial charge in [0.2, 0.25) is 0 Å². The fourth-order valence-electron chi connectivity index (χ4n) is 2.98. The number of rotatable bonds is 6. The Kier molecular flexibility index (Phi) is 6.36. The minimum absolute atomic E-state index is 0.658. The Morgan fingerprint density at radius 3 is 2.00 bits per heavy atom. The van der Waals surface area contributed by atoms with E-state index >= 15 is 0 Å². The molecule has 1 saturated heterocycles. The van der Waals surface area contributed by atoms with E-state index in [1.807, 2.05) is 0 Å². The van der Waals surface area contributed by atoms with Gasteiger partial charge in [0.25, 0.3) is 0 Å². The van der Waals surface area contributed by atoms with Crippen molar-refractivity contribution in [3.63, 3.8) is 0 Å². The van der Waals surface area contributed by atoms with Crippen molar-refractivity contribution in [3.8, 4) is 0 Å². The second-order valence-electron chi connectivity index (χ2n) is 6.19. The van der Waals surface area contributed by atoms with Gasteiger partial charge in [0, 0.05) is 6.54 Å². The van der Waals surface area contributed by atoms with Crippen LogP contribution in [0.2, 0.25) is 0 Å². The van der Waals surface area contributed by atoms with Gasteiger partial charge in [-0.15, -0.1) is 0 Å². The fraction of sp³-hybridized carbons (Fsp3) is 1.00. The zero-order valence-corrected chi connectivity index (χ0v) is 13.1. The summed E-state index contributed by atoms with van der Waals surface area (Å²) in [6.45, 7) is 13.2. The molecule has 0 bridgehead atoms. The molecular weight excluding hydrogens is 226 g/mol. The van der Waals surface area contributed by atoms with Gasteiger partial charge in [-0.05, 0) is 48.9 Å². The van der Waals surface area contributed by atoms with Crippen LogP contribution in [-0.4, -0.2) is 30.3 Å². The molecule has 0 spiro atoms. The molecule has 0 aromatic carbocycles. The maximum atomic E-state index is 4.50. The summed E-state index contributed by atoms with van der Waals surface area (Å²) in [5, 5.41) is 0. The molecular formula is C15H31NS. The van der Waals surface area contributed by atoms with Gasteiger partial charge in [-0.3, -0.25) is 0 Å². The summed E-state index contributed by atoms with van der Waals surface area (Å²) in [7, 11) is 0. The number of thiol groups is 1. The van der Waals surface area contributed by atoms with Gasteiger partial charge < -0.3 is 4.90 Å². The topological polar surface area (TPSA) is 3.24 Å². The smallest absolute Gasteiger partial charge is 0.00199 e. The van der Waals surface area contributed by atoms with E-state index < -0.39 is 0 Å². The van der Waals surface area contributed by atoms with Crippen LogP contribution in [0.5, 0.6) is 0 Å². The normalized spacial score (nSPS) is 22.9. The highest BCUT2D eigenvalue weighted by Gasteiger charge is 2.31. The molecule has 1 aliphatic heterocycles. The fourth-order valence-corrected chi connectivity index (χ4v) is 3.52. The van der Waals surface area contributed by atoms with Gasteiger partial charge in [-0.25, -0.2) is 0 Å². The number of piperidine rings is 1. The molecule has 1 fully saturated rings. The largest absolute Gasteiger partial charge is 0.303 e. The second-order valence-corrected chi connectivity index (χ2v) is 6.56. The van der Waals surface area contributed by atoms with E-state index in [0.717, 1.165) is 17.6 Å². The van der Waals surface area contributed by atoms with E-state index in [1.54, 1.807) is 0 Å². The van der Waals surface area contributed by atoms with Crippen LogP contribution in [0.25, 0.3) is 0 Å². The third-order valence-electron chi connectivity index (χ3n) is 5.09. The highest BCUT2D eigenvalue weighted by molar-refractivity contribution is 7.80. The van der Waals surface area contributed by atoms with Crippen LogP contribution in [0.3, 0.4) is 0 Å². The highest BCUT2D eigenvalue weighted by atomic mass is 32.1. The van der Waals surface area contributed by atoms with E-state index in [9.17, 15) is 0 Å². The van der Waals surface area contributed by atoms with Gasteiger partial charge in [-0.2, -0.15) is 12.6 Å². The van der Waals surface area contributed by atoms with Gasteiger partial charge >= 0.3 is 0 Å². The summed E-state index contributed by atoms with van der Waals surface area (Å²) < 4.78 is 0. The lowest BCUT2D eigenvalue weighted by atomic mass is 9.74. The first-order chi connectivity index (χ1) is 8.06. The van der Waals surface area contributed by atoms with Crippen molar-refractivity contribution in [3.05, 3.63) is 0 Å². The summed E-state index contributed by atoms with van der Waals surface area (Å²) in [5.74, 6) is 2.55. The summed E-state index contributed by atoms with van der Waals surface area (Å²) >= 11 is 4.50. The van der Waals surface area contributed by atoms with E-state index in [4.69, 9.17) is 0 Å². The summed E-state index contributed by atoms with van der Waals surface area (Å²) in [6, 6.07) is 0. The molecule has 1 nitrogen and oxygen atoms in total. The summed E-state index contributed by atoms with van der Waals surface area (Å²) in [6.07, 6.45) is 5.52. The first kappa shape index (κ1) is 15.4. The molecule has 0 aromatic rings. The SMILES string of the molecule is CCC1(CC)CCN(CC(CS)C(C)C)CC1. The third kappa shape index (κ3) is 4.17. The molecule has 2 heteroatoms. The van der Waals surface area contributed by atoms with Crippen molar-refractivity contribution in [1.82, 2.24) is 4.90 Å². The zero-order valence-electron chi connectivity index (χ0n) is 12.2. The predicted molar refractivity (Wildman–Crippen MR) is 80.9 cm³/mol. The Morgan fingerprint density at radius 1 is 1.12 bits per heavy atom. The van der Waals surface area contributed by atoms with Crippen LogP contribution < -0.4 is 0 Å². The van der Waals surface area contributed by atoms with Crippen LogP contribution in [-0.2, 0) is 0 Å². The molecule has 102 valence electrons. The molecule has 0 saturated carbocycles. The van der Waals surface area contributed by atoms with Crippen molar-refractivity contribution in [2.24, 2.45) is 17.3 Å². The molecule has 0 radical (unpaired) electrons. The van der Waals surface area contributed by atoms with Crippen LogP contribution in [0.1, 0.15) is 53.4 Å². The highest BCUT2D eigenvalue weighted by Crippen LogP contribution is 2.38. The molecule has 1 rings (SSSR count). The van der Waals surface area contributed by atoms with Crippen molar-refractivity contribution in [2.75, 3.05) is 25.4 Å². The van der Waals surface area contributed by atoms with Crippen molar-refractivity contribution in [2.45, 2.75) is 53.4 Å². The molecule has 0 aromatic heterocycles. The van der Waals surface area contributed by atoms with Crippen LogP contribution >= 0.6 is 12.6 Å². The summed E-state index contributed by atoms with van der Waals surface area (Å²) in [5.41, 5.74) is 0.658. The maximum Gasteiger partial charge on any atom is 0.00199 e. The average molecular weight is 257 g/mol. The molecule has 17 heavy (non-hydrogen) atoms. The van der Waals surface area contributed by atoms with Crippen LogP contribution in [0.15, 0.2) is 0 Å². The number of hydrogen-bond donors (Lipinski definition) is 1. The Balaban J connectivity index is 2.41. The number of nitrogens with zero attached hydrogens (tertiary/aromatic N) is 1. The first-order valence-corrected chi connectivity index (χ1v) is 8.03. The number of hydrogen-bond acceptors (Lipinski definition) is 2. The van der Waals surface area contributed by atoms with Gasteiger partial charge in [0.1, 0.15) is 0 Å². The minimum atomic E-state index is 0.658. The Labute approximate surface area is 114 Å². The molecule has 1 atom stereocenters. The quantitative estimate of drug-likeness (QED) is 0.701.